The number of pyridine rings is 1. The Hall–Kier alpha value is -4.75. The average molecular weight is 632 g/mol. The summed E-state index contributed by atoms with van der Waals surface area (Å²) in [4.78, 5) is 22.7. The molecule has 2 aromatic heterocycles. The zero-order chi connectivity index (χ0) is 31.3. The van der Waals surface area contributed by atoms with Gasteiger partial charge in [-0.3, -0.25) is 4.79 Å². The van der Waals surface area contributed by atoms with Crippen LogP contribution in [0.15, 0.2) is 115 Å². The number of aryl methyl sites for hydroxylation is 1. The topological polar surface area (TPSA) is 80.0 Å². The summed E-state index contributed by atoms with van der Waals surface area (Å²) in [6.07, 6.45) is 3.89. The fourth-order valence-corrected chi connectivity index (χ4v) is 6.55. The number of nitrogens with zero attached hydrogens (tertiary/aromatic N) is 3. The van der Waals surface area contributed by atoms with Crippen molar-refractivity contribution in [3.8, 4) is 11.1 Å². The zero-order valence-electron chi connectivity index (χ0n) is 24.6. The molecule has 6 aromatic rings. The van der Waals surface area contributed by atoms with Crippen LogP contribution in [0.3, 0.4) is 0 Å². The van der Waals surface area contributed by atoms with Crippen molar-refractivity contribution in [2.24, 2.45) is 7.05 Å². The first-order chi connectivity index (χ1) is 21.7. The summed E-state index contributed by atoms with van der Waals surface area (Å²) in [6.45, 7) is 1.98. The van der Waals surface area contributed by atoms with Gasteiger partial charge < -0.3 is 15.0 Å². The Balaban J connectivity index is 1.37. The number of carbonyl (C=O) groups is 1. The molecule has 1 unspecified atom stereocenters. The lowest BCUT2D eigenvalue weighted by Gasteiger charge is -2.30. The van der Waals surface area contributed by atoms with Gasteiger partial charge in [0, 0.05) is 34.5 Å². The van der Waals surface area contributed by atoms with Crippen LogP contribution in [0.25, 0.3) is 27.6 Å². The van der Waals surface area contributed by atoms with E-state index in [9.17, 15) is 9.90 Å². The van der Waals surface area contributed by atoms with E-state index >= 15 is 0 Å². The predicted octanol–water partition coefficient (Wildman–Crippen LogP) is 8.19. The molecule has 1 aliphatic rings. The van der Waals surface area contributed by atoms with Crippen molar-refractivity contribution in [2.75, 3.05) is 5.32 Å². The smallest absolute Gasteiger partial charge is 0.253 e. The van der Waals surface area contributed by atoms with Gasteiger partial charge in [0.2, 0.25) is 0 Å². The van der Waals surface area contributed by atoms with Crippen LogP contribution in [0.1, 0.15) is 34.9 Å². The van der Waals surface area contributed by atoms with Crippen LogP contribution < -0.4 is 5.32 Å². The van der Waals surface area contributed by atoms with Gasteiger partial charge in [0.1, 0.15) is 5.82 Å². The van der Waals surface area contributed by atoms with Gasteiger partial charge in [-0.25, -0.2) is 9.97 Å². The predicted molar refractivity (Wildman–Crippen MR) is 180 cm³/mol. The van der Waals surface area contributed by atoms with Crippen LogP contribution in [0.2, 0.25) is 10.0 Å². The maximum Gasteiger partial charge on any atom is 0.253 e. The molecule has 2 N–H and O–H groups in total. The molecule has 222 valence electrons. The van der Waals surface area contributed by atoms with E-state index in [0.717, 1.165) is 38.8 Å². The maximum atomic E-state index is 13.6. The Morgan fingerprint density at radius 1 is 0.889 bits per heavy atom. The molecule has 0 saturated heterocycles. The third kappa shape index (κ3) is 5.11. The zero-order valence-corrected chi connectivity index (χ0v) is 26.1. The largest absolute Gasteiger partial charge is 0.374 e. The summed E-state index contributed by atoms with van der Waals surface area (Å²) in [5.41, 5.74) is 6.53. The monoisotopic (exact) mass is 630 g/mol. The van der Waals surface area contributed by atoms with Crippen molar-refractivity contribution in [1.29, 1.82) is 0 Å². The molecule has 1 aliphatic carbocycles. The van der Waals surface area contributed by atoms with Crippen molar-refractivity contribution in [2.45, 2.75) is 18.9 Å². The van der Waals surface area contributed by atoms with E-state index in [2.05, 4.69) is 16.4 Å². The van der Waals surface area contributed by atoms with E-state index in [-0.39, 0.29) is 5.91 Å². The Bertz CT molecular complexity index is 2150. The van der Waals surface area contributed by atoms with Crippen molar-refractivity contribution >= 4 is 51.4 Å². The first-order valence-corrected chi connectivity index (χ1v) is 15.2. The second-order valence-electron chi connectivity index (χ2n) is 11.3. The van der Waals surface area contributed by atoms with Gasteiger partial charge in [-0.15, -0.1) is 0 Å². The van der Waals surface area contributed by atoms with Crippen LogP contribution >= 0.6 is 23.2 Å². The van der Waals surface area contributed by atoms with Crippen LogP contribution in [-0.2, 0) is 23.9 Å². The highest BCUT2D eigenvalue weighted by Gasteiger charge is 2.37. The molecule has 0 saturated carbocycles. The van der Waals surface area contributed by atoms with E-state index in [4.69, 9.17) is 28.2 Å². The molecule has 1 atom stereocenters. The number of fused-ring (bicyclic) bond motifs is 2. The number of hydrogen-bond acceptors (Lipinski definition) is 4. The molecule has 2 heterocycles. The number of nitrogens with one attached hydrogen (secondary N) is 1. The minimum Gasteiger partial charge on any atom is -0.374 e. The number of carbonyl (C=O) groups excluding carboxylic acids is 1. The Morgan fingerprint density at radius 2 is 1.67 bits per heavy atom. The number of benzene rings is 4. The fourth-order valence-electron chi connectivity index (χ4n) is 6.24. The highest BCUT2D eigenvalue weighted by atomic mass is 35.5. The van der Waals surface area contributed by atoms with Crippen LogP contribution in [0.5, 0.6) is 0 Å². The minimum absolute atomic E-state index is 0.183. The fraction of sp³-hybridized carbons (Fsp3) is 0.108. The first kappa shape index (κ1) is 29.0. The molecule has 0 spiro atoms. The summed E-state index contributed by atoms with van der Waals surface area (Å²) >= 11 is 12.7. The second kappa shape index (κ2) is 11.3. The Labute approximate surface area is 270 Å². The van der Waals surface area contributed by atoms with Gasteiger partial charge >= 0.3 is 0 Å². The number of amides is 1. The lowest BCUT2D eigenvalue weighted by atomic mass is 9.82. The molecule has 7 rings (SSSR count). The molecule has 6 nitrogen and oxygen atoms in total. The van der Waals surface area contributed by atoms with Gasteiger partial charge in [0.15, 0.2) is 5.60 Å². The number of aromatic nitrogens is 3. The molecule has 1 amide bonds. The lowest BCUT2D eigenvalue weighted by molar-refractivity contribution is -0.112. The van der Waals surface area contributed by atoms with Crippen molar-refractivity contribution in [1.82, 2.24) is 14.5 Å². The highest BCUT2D eigenvalue weighted by Crippen LogP contribution is 2.40. The van der Waals surface area contributed by atoms with Crippen molar-refractivity contribution in [3.63, 3.8) is 0 Å². The summed E-state index contributed by atoms with van der Waals surface area (Å²) in [5, 5.41) is 17.5. The van der Waals surface area contributed by atoms with Crippen LogP contribution in [0.4, 0.5) is 5.82 Å². The molecule has 0 bridgehead atoms. The lowest BCUT2D eigenvalue weighted by Crippen LogP contribution is -2.31. The first-order valence-electron chi connectivity index (χ1n) is 14.5. The average Bonchev–Trinajstić information content (AvgIpc) is 3.63. The van der Waals surface area contributed by atoms with Gasteiger partial charge in [-0.1, -0.05) is 77.8 Å². The number of aliphatic hydroxyl groups is 1. The van der Waals surface area contributed by atoms with Gasteiger partial charge in [0.25, 0.3) is 5.91 Å². The van der Waals surface area contributed by atoms with Crippen molar-refractivity contribution < 1.29 is 9.90 Å². The minimum atomic E-state index is -1.55. The Morgan fingerprint density at radius 3 is 2.40 bits per heavy atom. The number of allylic oxidation sites excluding steroid dienone is 1. The molecule has 0 aliphatic heterocycles. The molecule has 4 aromatic carbocycles. The SMILES string of the molecule is CC1=C(C(=O)Nc2cc(-c3cccc(Cl)c3)c3cc(C(O)(c4ccc(Cl)cc4)c4cncn4C)ccc3n2)Cc2ccccc21. The number of halogens is 2. The Kier molecular flexibility index (Phi) is 7.29. The second-order valence-corrected chi connectivity index (χ2v) is 12.2. The summed E-state index contributed by atoms with van der Waals surface area (Å²) in [7, 11) is 1.85. The van der Waals surface area contributed by atoms with Crippen LogP contribution in [-0.4, -0.2) is 25.5 Å². The normalized spacial score (nSPS) is 14.0. The van der Waals surface area contributed by atoms with E-state index < -0.39 is 5.60 Å². The molecule has 0 fully saturated rings. The molecule has 0 radical (unpaired) electrons. The quantitative estimate of drug-likeness (QED) is 0.194. The van der Waals surface area contributed by atoms with Gasteiger partial charge in [-0.2, -0.15) is 0 Å². The van der Waals surface area contributed by atoms with Gasteiger partial charge in [0.05, 0.1) is 23.7 Å². The molecule has 8 heteroatoms. The highest BCUT2D eigenvalue weighted by molar-refractivity contribution is 6.31. The third-order valence-corrected chi connectivity index (χ3v) is 9.06. The summed E-state index contributed by atoms with van der Waals surface area (Å²) in [6, 6.07) is 30.3. The maximum absolute atomic E-state index is 13.6. The molecular formula is C37H28Cl2N4O2. The van der Waals surface area contributed by atoms with E-state index in [1.165, 1.54) is 0 Å². The van der Waals surface area contributed by atoms with Gasteiger partial charge in [-0.05, 0) is 88.3 Å². The number of imidazole rings is 1. The van der Waals surface area contributed by atoms with Crippen molar-refractivity contribution in [3.05, 3.63) is 153 Å². The summed E-state index contributed by atoms with van der Waals surface area (Å²) < 4.78 is 1.80. The standard InChI is InChI=1S/C37H28Cl2N4O2/c1-22-29-9-4-3-6-24(29)17-30(22)36(44)42-35-19-31(23-7-5-8-28(39)16-23)32-18-26(12-15-33(32)41-35)37(45,34-20-40-21-43(34)2)25-10-13-27(38)14-11-25/h3-16,18-21,45H,17H2,1-2H3,(H,41,42,44). The van der Waals surface area contributed by atoms with Crippen LogP contribution in [0, 0.1) is 0 Å². The number of hydrogen-bond donors (Lipinski definition) is 2. The summed E-state index contributed by atoms with van der Waals surface area (Å²) in [5.74, 6) is 0.239. The number of rotatable bonds is 6. The third-order valence-electron chi connectivity index (χ3n) is 8.57. The van der Waals surface area contributed by atoms with E-state index in [1.54, 1.807) is 29.2 Å². The number of anilines is 1. The molecular weight excluding hydrogens is 603 g/mol. The van der Waals surface area contributed by atoms with E-state index in [0.29, 0.717) is 44.6 Å². The molecule has 45 heavy (non-hydrogen) atoms. The van der Waals surface area contributed by atoms with E-state index in [1.807, 2.05) is 92.8 Å².